The van der Waals surface area contributed by atoms with Crippen molar-refractivity contribution >= 4 is 29.2 Å². The number of anilines is 2. The number of benzene rings is 2. The number of nitrogens with zero attached hydrogens (tertiary/aromatic N) is 1. The molecule has 0 aromatic heterocycles. The van der Waals surface area contributed by atoms with Gasteiger partial charge in [-0.1, -0.05) is 0 Å². The molecule has 1 unspecified atom stereocenters. The van der Waals surface area contributed by atoms with Gasteiger partial charge in [-0.2, -0.15) is 0 Å². The maximum atomic E-state index is 12.3. The summed E-state index contributed by atoms with van der Waals surface area (Å²) in [4.78, 5) is 35.9. The number of carbonyl (C=O) groups excluding carboxylic acids is 2. The van der Waals surface area contributed by atoms with Crippen molar-refractivity contribution in [1.82, 2.24) is 0 Å². The third-order valence-electron chi connectivity index (χ3n) is 4.29. The van der Waals surface area contributed by atoms with Crippen LogP contribution in [0, 0.1) is 5.92 Å². The number of aromatic carboxylic acids is 1. The summed E-state index contributed by atoms with van der Waals surface area (Å²) in [6, 6.07) is 13.3. The van der Waals surface area contributed by atoms with Crippen LogP contribution in [-0.2, 0) is 9.59 Å². The topological polar surface area (TPSA) is 95.9 Å². The number of hydrogen-bond acceptors (Lipinski definition) is 4. The Bertz CT molecular complexity index is 846. The number of rotatable bonds is 6. The van der Waals surface area contributed by atoms with Crippen LogP contribution in [0.25, 0.3) is 0 Å². The molecule has 7 heteroatoms. The van der Waals surface area contributed by atoms with Crippen molar-refractivity contribution in [2.24, 2.45) is 5.92 Å². The molecule has 1 aliphatic heterocycles. The Morgan fingerprint density at radius 1 is 1.15 bits per heavy atom. The van der Waals surface area contributed by atoms with Gasteiger partial charge < -0.3 is 20.1 Å². The maximum absolute atomic E-state index is 12.3. The highest BCUT2D eigenvalue weighted by Crippen LogP contribution is 2.27. The van der Waals surface area contributed by atoms with Crippen LogP contribution in [0.15, 0.2) is 48.5 Å². The van der Waals surface area contributed by atoms with E-state index in [0.29, 0.717) is 31.0 Å². The molecule has 2 amide bonds. The highest BCUT2D eigenvalue weighted by Gasteiger charge is 2.31. The molecule has 0 saturated carbocycles. The fourth-order valence-corrected chi connectivity index (χ4v) is 2.98. The molecule has 140 valence electrons. The minimum atomic E-state index is -0.983. The van der Waals surface area contributed by atoms with Gasteiger partial charge >= 0.3 is 5.97 Å². The van der Waals surface area contributed by atoms with E-state index in [1.165, 1.54) is 19.1 Å². The molecule has 2 N–H and O–H groups in total. The summed E-state index contributed by atoms with van der Waals surface area (Å²) < 4.78 is 5.70. The summed E-state index contributed by atoms with van der Waals surface area (Å²) >= 11 is 0. The van der Waals surface area contributed by atoms with Crippen LogP contribution in [0.3, 0.4) is 0 Å². The largest absolute Gasteiger partial charge is 0.493 e. The maximum Gasteiger partial charge on any atom is 0.335 e. The first-order valence-corrected chi connectivity index (χ1v) is 8.56. The van der Waals surface area contributed by atoms with Gasteiger partial charge in [0.15, 0.2) is 0 Å². The van der Waals surface area contributed by atoms with Crippen LogP contribution in [0.2, 0.25) is 0 Å². The summed E-state index contributed by atoms with van der Waals surface area (Å²) in [5.41, 5.74) is 1.66. The smallest absolute Gasteiger partial charge is 0.335 e. The lowest BCUT2D eigenvalue weighted by molar-refractivity contribution is -0.117. The van der Waals surface area contributed by atoms with E-state index in [2.05, 4.69) is 5.32 Å². The van der Waals surface area contributed by atoms with Crippen LogP contribution in [0.5, 0.6) is 5.75 Å². The Morgan fingerprint density at radius 2 is 1.81 bits per heavy atom. The Hall–Kier alpha value is -3.35. The van der Waals surface area contributed by atoms with Crippen LogP contribution in [0.4, 0.5) is 11.4 Å². The lowest BCUT2D eigenvalue weighted by Gasteiger charge is -2.17. The van der Waals surface area contributed by atoms with Crippen molar-refractivity contribution in [2.45, 2.75) is 13.3 Å². The number of hydrogen-bond donors (Lipinski definition) is 2. The number of carboxylic acid groups (broad SMARTS) is 1. The van der Waals surface area contributed by atoms with Crippen molar-refractivity contribution in [2.75, 3.05) is 23.4 Å². The molecule has 1 atom stereocenters. The number of nitrogens with one attached hydrogen (secondary N) is 1. The summed E-state index contributed by atoms with van der Waals surface area (Å²) in [6.45, 7) is 2.36. The Morgan fingerprint density at radius 3 is 2.41 bits per heavy atom. The first-order valence-electron chi connectivity index (χ1n) is 8.56. The first-order chi connectivity index (χ1) is 12.9. The Balaban J connectivity index is 1.57. The fraction of sp³-hybridized carbons (Fsp3) is 0.250. The first kappa shape index (κ1) is 18.4. The second-order valence-corrected chi connectivity index (χ2v) is 6.44. The highest BCUT2D eigenvalue weighted by atomic mass is 16.5. The normalized spacial score (nSPS) is 16.3. The molecule has 1 fully saturated rings. The number of amides is 2. The van der Waals surface area contributed by atoms with Gasteiger partial charge in [0.1, 0.15) is 5.75 Å². The molecule has 2 aromatic carbocycles. The average Bonchev–Trinajstić information content (AvgIpc) is 3.01. The number of ether oxygens (including phenoxy) is 1. The predicted octanol–water partition coefficient (Wildman–Crippen LogP) is 2.78. The van der Waals surface area contributed by atoms with Crippen molar-refractivity contribution in [3.63, 3.8) is 0 Å². The molecular weight excluding hydrogens is 348 g/mol. The van der Waals surface area contributed by atoms with Gasteiger partial charge in [0.2, 0.25) is 11.8 Å². The van der Waals surface area contributed by atoms with Crippen LogP contribution >= 0.6 is 0 Å². The quantitative estimate of drug-likeness (QED) is 0.817. The number of carboxylic acids is 1. The molecule has 1 saturated heterocycles. The van der Waals surface area contributed by atoms with E-state index in [1.807, 2.05) is 0 Å². The van der Waals surface area contributed by atoms with E-state index < -0.39 is 5.97 Å². The van der Waals surface area contributed by atoms with E-state index in [-0.39, 0.29) is 23.3 Å². The van der Waals surface area contributed by atoms with Gasteiger partial charge in [-0.05, 0) is 48.5 Å². The van der Waals surface area contributed by atoms with Gasteiger partial charge in [-0.15, -0.1) is 0 Å². The Kier molecular flexibility index (Phi) is 5.40. The monoisotopic (exact) mass is 368 g/mol. The number of carbonyl (C=O) groups is 3. The molecule has 0 spiro atoms. The minimum Gasteiger partial charge on any atom is -0.493 e. The zero-order valence-corrected chi connectivity index (χ0v) is 14.8. The second kappa shape index (κ2) is 7.90. The molecule has 0 radical (unpaired) electrons. The zero-order valence-electron chi connectivity index (χ0n) is 14.8. The molecule has 7 nitrogen and oxygen atoms in total. The molecule has 27 heavy (non-hydrogen) atoms. The van der Waals surface area contributed by atoms with Crippen molar-refractivity contribution in [3.05, 3.63) is 54.1 Å². The van der Waals surface area contributed by atoms with Crippen LogP contribution < -0.4 is 15.0 Å². The van der Waals surface area contributed by atoms with E-state index in [4.69, 9.17) is 9.84 Å². The van der Waals surface area contributed by atoms with E-state index in [0.717, 1.165) is 5.69 Å². The minimum absolute atomic E-state index is 0.0251. The van der Waals surface area contributed by atoms with Crippen molar-refractivity contribution < 1.29 is 24.2 Å². The van der Waals surface area contributed by atoms with E-state index in [9.17, 15) is 14.4 Å². The van der Waals surface area contributed by atoms with Gasteiger partial charge in [0.25, 0.3) is 0 Å². The molecule has 1 aliphatic rings. The van der Waals surface area contributed by atoms with E-state index >= 15 is 0 Å². The van der Waals surface area contributed by atoms with E-state index in [1.54, 1.807) is 41.3 Å². The Labute approximate surface area is 156 Å². The lowest BCUT2D eigenvalue weighted by atomic mass is 10.1. The molecule has 2 aromatic rings. The summed E-state index contributed by atoms with van der Waals surface area (Å²) in [5, 5.41) is 11.6. The van der Waals surface area contributed by atoms with Gasteiger partial charge in [0.05, 0.1) is 12.2 Å². The zero-order chi connectivity index (χ0) is 19.4. The molecule has 0 aliphatic carbocycles. The predicted molar refractivity (Wildman–Crippen MR) is 100 cm³/mol. The lowest BCUT2D eigenvalue weighted by Crippen LogP contribution is -2.25. The van der Waals surface area contributed by atoms with Crippen LogP contribution in [-0.4, -0.2) is 36.0 Å². The highest BCUT2D eigenvalue weighted by molar-refractivity contribution is 5.96. The van der Waals surface area contributed by atoms with Crippen LogP contribution in [0.1, 0.15) is 23.7 Å². The van der Waals surface area contributed by atoms with Gasteiger partial charge in [0, 0.05) is 37.2 Å². The van der Waals surface area contributed by atoms with Crippen molar-refractivity contribution in [3.8, 4) is 5.75 Å². The SMILES string of the molecule is CC(=O)Nc1ccc(N2CC(COc3ccc(C(=O)O)cc3)CC2=O)cc1. The summed E-state index contributed by atoms with van der Waals surface area (Å²) in [5.74, 6) is -0.481. The second-order valence-electron chi connectivity index (χ2n) is 6.44. The standard InChI is InChI=1S/C20H20N2O5/c1-13(23)21-16-4-6-17(7-5-16)22-11-14(10-19(22)24)12-27-18-8-2-15(3-9-18)20(25)26/h2-9,14H,10-12H2,1H3,(H,21,23)(H,25,26). The average molecular weight is 368 g/mol. The summed E-state index contributed by atoms with van der Waals surface area (Å²) in [7, 11) is 0. The fourth-order valence-electron chi connectivity index (χ4n) is 2.98. The van der Waals surface area contributed by atoms with Gasteiger partial charge in [-0.3, -0.25) is 9.59 Å². The van der Waals surface area contributed by atoms with Crippen molar-refractivity contribution in [1.29, 1.82) is 0 Å². The third-order valence-corrected chi connectivity index (χ3v) is 4.29. The third kappa shape index (κ3) is 4.63. The molecule has 3 rings (SSSR count). The molecule has 0 bridgehead atoms. The van der Waals surface area contributed by atoms with Gasteiger partial charge in [-0.25, -0.2) is 4.79 Å². The molecule has 1 heterocycles. The molecular formula is C20H20N2O5. The summed E-state index contributed by atoms with van der Waals surface area (Å²) in [6.07, 6.45) is 0.390.